The van der Waals surface area contributed by atoms with Gasteiger partial charge in [-0.3, -0.25) is 9.89 Å². The molecule has 0 bridgehead atoms. The number of nitrogens with one attached hydrogen (secondary N) is 2. The zero-order valence-corrected chi connectivity index (χ0v) is 15.6. The Morgan fingerprint density at radius 3 is 2.63 bits per heavy atom. The van der Waals surface area contributed by atoms with Gasteiger partial charge >= 0.3 is 0 Å². The van der Waals surface area contributed by atoms with Crippen LogP contribution in [-0.2, 0) is 7.05 Å². The van der Waals surface area contributed by atoms with Crippen LogP contribution >= 0.6 is 0 Å². The van der Waals surface area contributed by atoms with E-state index in [1.165, 1.54) is 0 Å². The molecule has 0 atom stereocenters. The first-order valence-electron chi connectivity index (χ1n) is 8.27. The third kappa shape index (κ3) is 3.84. The number of hydrogen-bond acceptors (Lipinski definition) is 5. The van der Waals surface area contributed by atoms with E-state index in [0.717, 1.165) is 11.3 Å². The molecule has 0 fully saturated rings. The molecule has 1 aromatic carbocycles. The molecule has 8 nitrogen and oxygen atoms in total. The molecule has 27 heavy (non-hydrogen) atoms. The standard InChI is InChI=1S/C19H21N5O3/c1-12(13-7-8-17(26-3)18(10-13)27-4)20-23-19(25)15-11-14(21-22-15)16-6-5-9-24(16)2/h5-11H,1-4H3,(H,21,22)(H,23,25). The van der Waals surface area contributed by atoms with Crippen LogP contribution in [0.5, 0.6) is 11.5 Å². The number of methoxy groups -OCH3 is 2. The summed E-state index contributed by atoms with van der Waals surface area (Å²) in [6.07, 6.45) is 1.92. The highest BCUT2D eigenvalue weighted by Crippen LogP contribution is 2.27. The van der Waals surface area contributed by atoms with Gasteiger partial charge in [-0.05, 0) is 43.3 Å². The Balaban J connectivity index is 1.73. The number of H-pyrrole nitrogens is 1. The summed E-state index contributed by atoms with van der Waals surface area (Å²) in [4.78, 5) is 12.3. The maximum absolute atomic E-state index is 12.3. The van der Waals surface area contributed by atoms with Gasteiger partial charge in [0.2, 0.25) is 0 Å². The summed E-state index contributed by atoms with van der Waals surface area (Å²) >= 11 is 0. The minimum atomic E-state index is -0.372. The van der Waals surface area contributed by atoms with Crippen molar-refractivity contribution in [1.29, 1.82) is 0 Å². The first-order chi connectivity index (χ1) is 13.0. The van der Waals surface area contributed by atoms with Crippen molar-refractivity contribution < 1.29 is 14.3 Å². The lowest BCUT2D eigenvalue weighted by Gasteiger charge is -2.09. The predicted octanol–water partition coefficient (Wildman–Crippen LogP) is 2.59. The van der Waals surface area contributed by atoms with Gasteiger partial charge in [0.1, 0.15) is 11.4 Å². The van der Waals surface area contributed by atoms with Gasteiger partial charge in [0.15, 0.2) is 11.5 Å². The molecular formula is C19H21N5O3. The fraction of sp³-hybridized carbons (Fsp3) is 0.211. The first kappa shape index (κ1) is 18.2. The minimum absolute atomic E-state index is 0.329. The van der Waals surface area contributed by atoms with E-state index >= 15 is 0 Å². The smallest absolute Gasteiger partial charge is 0.289 e. The third-order valence-corrected chi connectivity index (χ3v) is 4.16. The summed E-state index contributed by atoms with van der Waals surface area (Å²) in [5.74, 6) is 0.850. The van der Waals surface area contributed by atoms with Crippen molar-refractivity contribution in [3.63, 3.8) is 0 Å². The molecule has 3 rings (SSSR count). The predicted molar refractivity (Wildman–Crippen MR) is 102 cm³/mol. The van der Waals surface area contributed by atoms with Crippen molar-refractivity contribution in [2.45, 2.75) is 6.92 Å². The van der Waals surface area contributed by atoms with Gasteiger partial charge in [-0.15, -0.1) is 0 Å². The van der Waals surface area contributed by atoms with Crippen LogP contribution in [0.3, 0.4) is 0 Å². The summed E-state index contributed by atoms with van der Waals surface area (Å²) in [7, 11) is 5.06. The SMILES string of the molecule is COc1ccc(C(C)=NNC(=O)c2cc(-c3cccn3C)n[nH]2)cc1OC. The molecule has 0 aliphatic carbocycles. The molecule has 8 heteroatoms. The van der Waals surface area contributed by atoms with E-state index in [-0.39, 0.29) is 5.91 Å². The van der Waals surface area contributed by atoms with E-state index in [9.17, 15) is 4.79 Å². The molecule has 2 heterocycles. The van der Waals surface area contributed by atoms with Crippen molar-refractivity contribution in [1.82, 2.24) is 20.2 Å². The average molecular weight is 367 g/mol. The van der Waals surface area contributed by atoms with Crippen LogP contribution in [0.25, 0.3) is 11.4 Å². The van der Waals surface area contributed by atoms with E-state index < -0.39 is 0 Å². The number of ether oxygens (including phenoxy) is 2. The molecule has 0 saturated heterocycles. The molecule has 1 amide bonds. The molecule has 0 aliphatic rings. The fourth-order valence-corrected chi connectivity index (χ4v) is 2.62. The maximum Gasteiger partial charge on any atom is 0.289 e. The number of hydrazone groups is 1. The number of nitrogens with zero attached hydrogens (tertiary/aromatic N) is 3. The van der Waals surface area contributed by atoms with Gasteiger partial charge in [0, 0.05) is 18.8 Å². The lowest BCUT2D eigenvalue weighted by Crippen LogP contribution is -2.19. The molecule has 2 aromatic heterocycles. The zero-order chi connectivity index (χ0) is 19.4. The van der Waals surface area contributed by atoms with Crippen molar-refractivity contribution in [3.8, 4) is 22.9 Å². The van der Waals surface area contributed by atoms with Gasteiger partial charge in [0.05, 0.1) is 25.6 Å². The number of amides is 1. The largest absolute Gasteiger partial charge is 0.493 e. The zero-order valence-electron chi connectivity index (χ0n) is 15.6. The first-order valence-corrected chi connectivity index (χ1v) is 8.27. The number of aromatic nitrogens is 3. The summed E-state index contributed by atoms with van der Waals surface area (Å²) in [6.45, 7) is 1.80. The Morgan fingerprint density at radius 1 is 1.19 bits per heavy atom. The fourth-order valence-electron chi connectivity index (χ4n) is 2.62. The Bertz CT molecular complexity index is 987. The number of hydrogen-bond donors (Lipinski definition) is 2. The van der Waals surface area contributed by atoms with Crippen molar-refractivity contribution in [3.05, 3.63) is 53.9 Å². The second-order valence-electron chi connectivity index (χ2n) is 5.88. The van der Waals surface area contributed by atoms with Crippen LogP contribution in [-0.4, -0.2) is 40.6 Å². The van der Waals surface area contributed by atoms with Crippen LogP contribution in [0.2, 0.25) is 0 Å². The second kappa shape index (κ2) is 7.77. The quantitative estimate of drug-likeness (QED) is 0.517. The lowest BCUT2D eigenvalue weighted by atomic mass is 10.1. The Kier molecular flexibility index (Phi) is 5.25. The van der Waals surface area contributed by atoms with Crippen molar-refractivity contribution in [2.75, 3.05) is 14.2 Å². The summed E-state index contributed by atoms with van der Waals surface area (Å²) < 4.78 is 12.4. The highest BCUT2D eigenvalue weighted by molar-refractivity contribution is 6.01. The van der Waals surface area contributed by atoms with Gasteiger partial charge < -0.3 is 14.0 Å². The molecule has 3 aromatic rings. The molecule has 2 N–H and O–H groups in total. The summed E-state index contributed by atoms with van der Waals surface area (Å²) in [5, 5.41) is 11.1. The molecular weight excluding hydrogens is 346 g/mol. The number of benzene rings is 1. The molecule has 0 spiro atoms. The van der Waals surface area contributed by atoms with Crippen LogP contribution in [0.1, 0.15) is 23.0 Å². The highest BCUT2D eigenvalue weighted by atomic mass is 16.5. The Hall–Kier alpha value is -3.55. The van der Waals surface area contributed by atoms with Crippen molar-refractivity contribution >= 4 is 11.6 Å². The van der Waals surface area contributed by atoms with Gasteiger partial charge in [-0.2, -0.15) is 10.2 Å². The topological polar surface area (TPSA) is 93.5 Å². The normalized spacial score (nSPS) is 11.3. The van der Waals surface area contributed by atoms with Gasteiger partial charge in [-0.1, -0.05) is 0 Å². The second-order valence-corrected chi connectivity index (χ2v) is 5.88. The van der Waals surface area contributed by atoms with Crippen LogP contribution < -0.4 is 14.9 Å². The third-order valence-electron chi connectivity index (χ3n) is 4.16. The van der Waals surface area contributed by atoms with E-state index in [2.05, 4.69) is 20.7 Å². The van der Waals surface area contributed by atoms with Crippen LogP contribution in [0, 0.1) is 0 Å². The van der Waals surface area contributed by atoms with E-state index in [4.69, 9.17) is 9.47 Å². The summed E-state index contributed by atoms with van der Waals surface area (Å²) in [6, 6.07) is 11.0. The van der Waals surface area contributed by atoms with E-state index in [1.54, 1.807) is 39.3 Å². The van der Waals surface area contributed by atoms with Crippen LogP contribution in [0.15, 0.2) is 47.7 Å². The minimum Gasteiger partial charge on any atom is -0.493 e. The monoisotopic (exact) mass is 367 g/mol. The Morgan fingerprint density at radius 2 is 1.96 bits per heavy atom. The molecule has 0 unspecified atom stereocenters. The number of aryl methyl sites for hydroxylation is 1. The van der Waals surface area contributed by atoms with E-state index in [1.807, 2.05) is 36.0 Å². The highest BCUT2D eigenvalue weighted by Gasteiger charge is 2.12. The van der Waals surface area contributed by atoms with Crippen molar-refractivity contribution in [2.24, 2.45) is 12.1 Å². The molecule has 0 aliphatic heterocycles. The number of aromatic amines is 1. The Labute approximate surface area is 156 Å². The molecule has 0 saturated carbocycles. The molecule has 0 radical (unpaired) electrons. The maximum atomic E-state index is 12.3. The summed E-state index contributed by atoms with van der Waals surface area (Å²) in [5.41, 5.74) is 5.90. The van der Waals surface area contributed by atoms with Gasteiger partial charge in [0.25, 0.3) is 5.91 Å². The van der Waals surface area contributed by atoms with Crippen LogP contribution in [0.4, 0.5) is 0 Å². The van der Waals surface area contributed by atoms with E-state index in [0.29, 0.717) is 28.6 Å². The average Bonchev–Trinajstić information content (AvgIpc) is 3.33. The molecule has 140 valence electrons. The number of rotatable bonds is 6. The lowest BCUT2D eigenvalue weighted by molar-refractivity contribution is 0.0950. The number of carbonyl (C=O) groups excluding carboxylic acids is 1. The van der Waals surface area contributed by atoms with Gasteiger partial charge in [-0.25, -0.2) is 5.43 Å². The number of carbonyl (C=O) groups is 1.